The zero-order valence-electron chi connectivity index (χ0n) is 17.2. The van der Waals surface area contributed by atoms with Crippen LogP contribution in [0.3, 0.4) is 0 Å². The summed E-state index contributed by atoms with van der Waals surface area (Å²) in [7, 11) is 0. The molecule has 4 rings (SSSR count). The lowest BCUT2D eigenvalue weighted by Gasteiger charge is -2.26. The number of Topliss-reactive ketones (excluding diaryl/α,β-unsaturated/α-hetero) is 1. The molecule has 1 aliphatic rings. The van der Waals surface area contributed by atoms with Crippen LogP contribution in [-0.4, -0.2) is 22.6 Å². The van der Waals surface area contributed by atoms with E-state index in [0.29, 0.717) is 38.3 Å². The number of anilines is 2. The molecular weight excluding hydrogens is 437 g/mol. The van der Waals surface area contributed by atoms with Crippen molar-refractivity contribution in [1.29, 1.82) is 0 Å². The van der Waals surface area contributed by atoms with Crippen LogP contribution in [0.15, 0.2) is 30.3 Å². The molecule has 2 heterocycles. The van der Waals surface area contributed by atoms with E-state index in [1.54, 1.807) is 13.0 Å². The van der Waals surface area contributed by atoms with Crippen LogP contribution in [0.4, 0.5) is 14.5 Å². The Morgan fingerprint density at radius 2 is 1.87 bits per heavy atom. The van der Waals surface area contributed by atoms with Crippen molar-refractivity contribution in [2.75, 3.05) is 10.6 Å². The molecule has 0 aliphatic heterocycles. The summed E-state index contributed by atoms with van der Waals surface area (Å²) >= 11 is 2.32. The quantitative estimate of drug-likeness (QED) is 0.556. The van der Waals surface area contributed by atoms with Gasteiger partial charge in [-0.05, 0) is 48.6 Å². The Morgan fingerprint density at radius 1 is 1.10 bits per heavy atom. The Kier molecular flexibility index (Phi) is 5.49. The number of aryl methyl sites for hydroxylation is 1. The lowest BCUT2D eigenvalue weighted by molar-refractivity contribution is 0.0915. The fourth-order valence-electron chi connectivity index (χ4n) is 3.51. The Balaban J connectivity index is 1.49. The van der Waals surface area contributed by atoms with Crippen molar-refractivity contribution >= 4 is 50.4 Å². The second kappa shape index (κ2) is 7.97. The Labute approximate surface area is 186 Å². The molecule has 31 heavy (non-hydrogen) atoms. The molecule has 3 aromatic rings. The highest BCUT2D eigenvalue weighted by atomic mass is 32.1. The number of thiazole rings is 1. The van der Waals surface area contributed by atoms with Crippen molar-refractivity contribution in [3.8, 4) is 0 Å². The van der Waals surface area contributed by atoms with Crippen molar-refractivity contribution in [2.24, 2.45) is 5.41 Å². The SMILES string of the molecule is Cc1cc(NC(=O)c2cccc(F)c2)sc1C(=O)Nc1nc2c(s1)C(=O)CC(C)(C)C2. The largest absolute Gasteiger partial charge is 0.314 e. The second-order valence-electron chi connectivity index (χ2n) is 8.28. The summed E-state index contributed by atoms with van der Waals surface area (Å²) in [5.74, 6) is -1.25. The number of halogens is 1. The van der Waals surface area contributed by atoms with Crippen molar-refractivity contribution in [2.45, 2.75) is 33.6 Å². The zero-order valence-corrected chi connectivity index (χ0v) is 18.8. The molecule has 2 aromatic heterocycles. The van der Waals surface area contributed by atoms with E-state index in [4.69, 9.17) is 0 Å². The maximum atomic E-state index is 13.3. The van der Waals surface area contributed by atoms with Crippen LogP contribution in [0.5, 0.6) is 0 Å². The lowest BCUT2D eigenvalue weighted by Crippen LogP contribution is -2.26. The van der Waals surface area contributed by atoms with Crippen molar-refractivity contribution in [3.63, 3.8) is 0 Å². The zero-order chi connectivity index (χ0) is 22.3. The van der Waals surface area contributed by atoms with E-state index in [-0.39, 0.29) is 22.7 Å². The van der Waals surface area contributed by atoms with Gasteiger partial charge in [-0.1, -0.05) is 31.3 Å². The average Bonchev–Trinajstić information content (AvgIpc) is 3.23. The van der Waals surface area contributed by atoms with Gasteiger partial charge in [0.1, 0.15) is 5.82 Å². The van der Waals surface area contributed by atoms with E-state index in [0.717, 1.165) is 23.1 Å². The van der Waals surface area contributed by atoms with Crippen LogP contribution < -0.4 is 10.6 Å². The van der Waals surface area contributed by atoms with E-state index in [2.05, 4.69) is 15.6 Å². The standard InChI is InChI=1S/C22H20FN3O3S2/c1-11-7-16(25-19(28)12-5-4-6-13(23)8-12)30-17(11)20(29)26-21-24-14-9-22(2,3)10-15(27)18(14)31-21/h4-8H,9-10H2,1-3H3,(H,25,28)(H,24,26,29). The first-order chi connectivity index (χ1) is 14.6. The fourth-order valence-corrected chi connectivity index (χ4v) is 5.39. The van der Waals surface area contributed by atoms with Crippen molar-refractivity contribution in [3.05, 3.63) is 62.7 Å². The van der Waals surface area contributed by atoms with E-state index in [9.17, 15) is 18.8 Å². The molecule has 0 saturated carbocycles. The van der Waals surface area contributed by atoms with Crippen LogP contribution in [-0.2, 0) is 6.42 Å². The molecule has 0 unspecified atom stereocenters. The van der Waals surface area contributed by atoms with Gasteiger partial charge in [-0.3, -0.25) is 19.7 Å². The monoisotopic (exact) mass is 457 g/mol. The summed E-state index contributed by atoms with van der Waals surface area (Å²) in [5, 5.41) is 6.34. The molecule has 1 aromatic carbocycles. The number of rotatable bonds is 4. The molecule has 9 heteroatoms. The number of hydrogen-bond donors (Lipinski definition) is 2. The number of ketones is 1. The molecule has 0 fully saturated rings. The highest BCUT2D eigenvalue weighted by Crippen LogP contribution is 2.38. The summed E-state index contributed by atoms with van der Waals surface area (Å²) in [4.78, 5) is 43.0. The van der Waals surface area contributed by atoms with Crippen LogP contribution >= 0.6 is 22.7 Å². The third kappa shape index (κ3) is 4.57. The molecule has 160 valence electrons. The number of carbonyl (C=O) groups excluding carboxylic acids is 3. The molecule has 2 amide bonds. The maximum Gasteiger partial charge on any atom is 0.267 e. The Bertz CT molecular complexity index is 1210. The average molecular weight is 458 g/mol. The summed E-state index contributed by atoms with van der Waals surface area (Å²) in [6, 6.07) is 7.08. The predicted octanol–water partition coefficient (Wildman–Crippen LogP) is 5.31. The van der Waals surface area contributed by atoms with Gasteiger partial charge in [0.15, 0.2) is 10.9 Å². The number of thiophene rings is 1. The first-order valence-corrected chi connectivity index (χ1v) is 11.3. The minimum Gasteiger partial charge on any atom is -0.314 e. The number of benzene rings is 1. The Hall–Kier alpha value is -2.91. The lowest BCUT2D eigenvalue weighted by atomic mass is 9.78. The normalized spacial score (nSPS) is 14.8. The molecule has 0 saturated heterocycles. The molecular formula is C22H20FN3O3S2. The summed E-state index contributed by atoms with van der Waals surface area (Å²) < 4.78 is 13.3. The molecule has 0 radical (unpaired) electrons. The van der Waals surface area contributed by atoms with Gasteiger partial charge in [-0.25, -0.2) is 9.37 Å². The molecule has 2 N–H and O–H groups in total. The summed E-state index contributed by atoms with van der Waals surface area (Å²) in [6.45, 7) is 5.82. The topological polar surface area (TPSA) is 88.2 Å². The Morgan fingerprint density at radius 3 is 2.61 bits per heavy atom. The fraction of sp³-hybridized carbons (Fsp3) is 0.273. The summed E-state index contributed by atoms with van der Waals surface area (Å²) in [6.07, 6.45) is 1.16. The molecule has 1 aliphatic carbocycles. The van der Waals surface area contributed by atoms with Crippen molar-refractivity contribution < 1.29 is 18.8 Å². The highest BCUT2D eigenvalue weighted by Gasteiger charge is 2.34. The van der Waals surface area contributed by atoms with Gasteiger partial charge in [-0.15, -0.1) is 11.3 Å². The van der Waals surface area contributed by atoms with Crippen LogP contribution in [0.2, 0.25) is 0 Å². The molecule has 0 spiro atoms. The van der Waals surface area contributed by atoms with Gasteiger partial charge >= 0.3 is 0 Å². The maximum absolute atomic E-state index is 13.3. The van der Waals surface area contributed by atoms with Crippen LogP contribution in [0.1, 0.15) is 61.2 Å². The van der Waals surface area contributed by atoms with Gasteiger partial charge in [0.2, 0.25) is 0 Å². The minimum atomic E-state index is -0.497. The number of hydrogen-bond acceptors (Lipinski definition) is 6. The number of amides is 2. The number of aromatic nitrogens is 1. The third-order valence-corrected chi connectivity index (χ3v) is 7.11. The summed E-state index contributed by atoms with van der Waals surface area (Å²) in [5.41, 5.74) is 1.47. The van der Waals surface area contributed by atoms with Gasteiger partial charge in [-0.2, -0.15) is 0 Å². The van der Waals surface area contributed by atoms with Crippen LogP contribution in [0, 0.1) is 18.2 Å². The van der Waals surface area contributed by atoms with E-state index < -0.39 is 11.7 Å². The second-order valence-corrected chi connectivity index (χ2v) is 10.3. The van der Waals surface area contributed by atoms with E-state index in [1.165, 1.54) is 29.5 Å². The van der Waals surface area contributed by atoms with Gasteiger partial charge in [0.25, 0.3) is 11.8 Å². The van der Waals surface area contributed by atoms with Crippen LogP contribution in [0.25, 0.3) is 0 Å². The third-order valence-electron chi connectivity index (χ3n) is 4.90. The molecule has 0 atom stereocenters. The van der Waals surface area contributed by atoms with Gasteiger partial charge < -0.3 is 5.32 Å². The first kappa shape index (κ1) is 21.3. The minimum absolute atomic E-state index is 0.0545. The number of nitrogens with one attached hydrogen (secondary N) is 2. The van der Waals surface area contributed by atoms with Crippen molar-refractivity contribution in [1.82, 2.24) is 4.98 Å². The first-order valence-electron chi connectivity index (χ1n) is 9.63. The number of carbonyl (C=O) groups is 3. The highest BCUT2D eigenvalue weighted by molar-refractivity contribution is 7.19. The van der Waals surface area contributed by atoms with E-state index in [1.807, 2.05) is 13.8 Å². The van der Waals surface area contributed by atoms with E-state index >= 15 is 0 Å². The molecule has 0 bridgehead atoms. The van der Waals surface area contributed by atoms with Gasteiger partial charge in [0, 0.05) is 12.0 Å². The number of fused-ring (bicyclic) bond motifs is 1. The number of nitrogens with zero attached hydrogens (tertiary/aromatic N) is 1. The predicted molar refractivity (Wildman–Crippen MR) is 120 cm³/mol. The molecule has 6 nitrogen and oxygen atoms in total. The smallest absolute Gasteiger partial charge is 0.267 e. The van der Waals surface area contributed by atoms with Gasteiger partial charge in [0.05, 0.1) is 20.4 Å².